The van der Waals surface area contributed by atoms with Crippen molar-refractivity contribution in [3.05, 3.63) is 56.8 Å². The van der Waals surface area contributed by atoms with E-state index in [1.165, 1.54) is 16.9 Å². The molecule has 0 aliphatic heterocycles. The van der Waals surface area contributed by atoms with Crippen molar-refractivity contribution in [3.8, 4) is 5.13 Å². The fourth-order valence-corrected chi connectivity index (χ4v) is 3.42. The number of thiazole rings is 1. The first-order chi connectivity index (χ1) is 11.8. The molecule has 0 aliphatic rings. The first-order valence-electron chi connectivity index (χ1n) is 7.88. The number of aryl methyl sites for hydroxylation is 3. The van der Waals surface area contributed by atoms with Gasteiger partial charge in [-0.3, -0.25) is 4.79 Å². The molecule has 0 bridgehead atoms. The molecule has 7 heteroatoms. The summed E-state index contributed by atoms with van der Waals surface area (Å²) < 4.78 is 1.72. The Morgan fingerprint density at radius 2 is 2.00 bits per heavy atom. The maximum absolute atomic E-state index is 12.3. The summed E-state index contributed by atoms with van der Waals surface area (Å²) in [5.41, 5.74) is 5.47. The molecule has 0 aliphatic carbocycles. The molecule has 0 saturated heterocycles. The average Bonchev–Trinajstić information content (AvgIpc) is 3.11. The van der Waals surface area contributed by atoms with Gasteiger partial charge in [-0.05, 0) is 51.0 Å². The number of carbonyl (C=O) groups excluding carboxylic acids is 1. The summed E-state index contributed by atoms with van der Waals surface area (Å²) in [6.07, 6.45) is 0.219. The molecule has 2 heterocycles. The van der Waals surface area contributed by atoms with Gasteiger partial charge in [-0.2, -0.15) is 5.10 Å². The molecule has 0 spiro atoms. The Morgan fingerprint density at radius 1 is 1.24 bits per heavy atom. The second kappa shape index (κ2) is 6.98. The lowest BCUT2D eigenvalue weighted by atomic mass is 10.1. The molecule has 3 rings (SSSR count). The third-order valence-electron chi connectivity index (χ3n) is 4.06. The number of halogens is 1. The summed E-state index contributed by atoms with van der Waals surface area (Å²) in [5.74, 6) is -0.0912. The van der Waals surface area contributed by atoms with Gasteiger partial charge in [-0.25, -0.2) is 9.67 Å². The van der Waals surface area contributed by atoms with Crippen molar-refractivity contribution in [1.29, 1.82) is 0 Å². The monoisotopic (exact) mass is 374 g/mol. The average molecular weight is 375 g/mol. The largest absolute Gasteiger partial charge is 0.326 e. The summed E-state index contributed by atoms with van der Waals surface area (Å²) in [7, 11) is 0. The van der Waals surface area contributed by atoms with Gasteiger partial charge in [0, 0.05) is 11.1 Å². The van der Waals surface area contributed by atoms with E-state index < -0.39 is 0 Å². The molecule has 0 fully saturated rings. The van der Waals surface area contributed by atoms with E-state index in [0.29, 0.717) is 15.8 Å². The van der Waals surface area contributed by atoms with Crippen molar-refractivity contribution in [2.24, 2.45) is 0 Å². The van der Waals surface area contributed by atoms with E-state index >= 15 is 0 Å². The molecule has 25 heavy (non-hydrogen) atoms. The lowest BCUT2D eigenvalue weighted by Crippen LogP contribution is -2.14. The van der Waals surface area contributed by atoms with Crippen LogP contribution in [-0.2, 0) is 11.2 Å². The molecule has 5 nitrogen and oxygen atoms in total. The molecular weight excluding hydrogens is 356 g/mol. The van der Waals surface area contributed by atoms with Gasteiger partial charge in [0.25, 0.3) is 0 Å². The summed E-state index contributed by atoms with van der Waals surface area (Å²) in [6.45, 7) is 7.83. The molecule has 3 aromatic rings. The molecular formula is C18H19ClN4OS. The second-order valence-corrected chi connectivity index (χ2v) is 7.26. The minimum Gasteiger partial charge on any atom is -0.326 e. The van der Waals surface area contributed by atoms with Gasteiger partial charge in [-0.15, -0.1) is 11.3 Å². The van der Waals surface area contributed by atoms with Crippen molar-refractivity contribution < 1.29 is 4.79 Å². The van der Waals surface area contributed by atoms with Crippen LogP contribution in [0.25, 0.3) is 5.13 Å². The number of nitrogens with zero attached hydrogens (tertiary/aromatic N) is 3. The smallest absolute Gasteiger partial charge is 0.230 e. The number of hydrogen-bond donors (Lipinski definition) is 1. The van der Waals surface area contributed by atoms with E-state index in [1.807, 2.05) is 51.3 Å². The van der Waals surface area contributed by atoms with Crippen molar-refractivity contribution in [1.82, 2.24) is 14.8 Å². The van der Waals surface area contributed by atoms with Crippen LogP contribution in [0.15, 0.2) is 23.6 Å². The summed E-state index contributed by atoms with van der Waals surface area (Å²) in [6, 6.07) is 5.88. The van der Waals surface area contributed by atoms with Gasteiger partial charge >= 0.3 is 0 Å². The van der Waals surface area contributed by atoms with Gasteiger partial charge in [0.1, 0.15) is 0 Å². The molecule has 130 valence electrons. The maximum atomic E-state index is 12.3. The standard InChI is InChI=1S/C18H19ClN4OS/c1-10-5-6-14(7-11(10)2)20-16(24)8-15-9-25-18(21-15)23-13(4)17(19)12(3)22-23/h5-7,9H,8H2,1-4H3,(H,20,24). The third-order valence-corrected chi connectivity index (χ3v) is 5.47. The highest BCUT2D eigenvalue weighted by atomic mass is 35.5. The Labute approximate surface area is 155 Å². The number of amides is 1. The van der Waals surface area contributed by atoms with Crippen molar-refractivity contribution in [2.75, 3.05) is 5.32 Å². The Bertz CT molecular complexity index is 945. The number of nitrogens with one attached hydrogen (secondary N) is 1. The topological polar surface area (TPSA) is 59.8 Å². The van der Waals surface area contributed by atoms with E-state index in [2.05, 4.69) is 15.4 Å². The van der Waals surface area contributed by atoms with E-state index in [-0.39, 0.29) is 12.3 Å². The zero-order valence-electron chi connectivity index (χ0n) is 14.6. The van der Waals surface area contributed by atoms with Crippen LogP contribution in [0, 0.1) is 27.7 Å². The van der Waals surface area contributed by atoms with Gasteiger partial charge < -0.3 is 5.32 Å². The van der Waals surface area contributed by atoms with Crippen LogP contribution in [0.5, 0.6) is 0 Å². The van der Waals surface area contributed by atoms with Crippen molar-refractivity contribution in [2.45, 2.75) is 34.1 Å². The Morgan fingerprint density at radius 3 is 2.64 bits per heavy atom. The van der Waals surface area contributed by atoms with Crippen LogP contribution in [0.3, 0.4) is 0 Å². The number of anilines is 1. The van der Waals surface area contributed by atoms with Crippen LogP contribution in [0.4, 0.5) is 5.69 Å². The first kappa shape index (κ1) is 17.6. The van der Waals surface area contributed by atoms with E-state index in [4.69, 9.17) is 11.6 Å². The van der Waals surface area contributed by atoms with Crippen LogP contribution >= 0.6 is 22.9 Å². The number of aromatic nitrogens is 3. The van der Waals surface area contributed by atoms with E-state index in [0.717, 1.165) is 22.6 Å². The van der Waals surface area contributed by atoms with Gasteiger partial charge in [0.15, 0.2) is 0 Å². The minimum atomic E-state index is -0.0912. The molecule has 2 aromatic heterocycles. The van der Waals surface area contributed by atoms with Crippen LogP contribution in [0.1, 0.15) is 28.2 Å². The van der Waals surface area contributed by atoms with E-state index in [9.17, 15) is 4.79 Å². The maximum Gasteiger partial charge on any atom is 0.230 e. The fourth-order valence-electron chi connectivity index (χ4n) is 2.47. The molecule has 0 atom stereocenters. The fraction of sp³-hybridized carbons (Fsp3) is 0.278. The number of rotatable bonds is 4. The predicted molar refractivity (Wildman–Crippen MR) is 102 cm³/mol. The van der Waals surface area contributed by atoms with Gasteiger partial charge in [0.2, 0.25) is 11.0 Å². The molecule has 0 unspecified atom stereocenters. The first-order valence-corrected chi connectivity index (χ1v) is 9.14. The highest BCUT2D eigenvalue weighted by molar-refractivity contribution is 7.12. The van der Waals surface area contributed by atoms with Crippen molar-refractivity contribution >= 4 is 34.5 Å². The molecule has 1 aromatic carbocycles. The molecule has 0 saturated carbocycles. The van der Waals surface area contributed by atoms with Crippen LogP contribution in [0.2, 0.25) is 5.02 Å². The zero-order valence-corrected chi connectivity index (χ0v) is 16.1. The quantitative estimate of drug-likeness (QED) is 0.736. The molecule has 0 radical (unpaired) electrons. The van der Waals surface area contributed by atoms with Crippen molar-refractivity contribution in [3.63, 3.8) is 0 Å². The molecule has 1 N–H and O–H groups in total. The summed E-state index contributed by atoms with van der Waals surface area (Å²) in [4.78, 5) is 16.8. The van der Waals surface area contributed by atoms with Crippen LogP contribution < -0.4 is 5.32 Å². The minimum absolute atomic E-state index is 0.0912. The van der Waals surface area contributed by atoms with Crippen LogP contribution in [-0.4, -0.2) is 20.7 Å². The normalized spacial score (nSPS) is 10.9. The predicted octanol–water partition coefficient (Wildman–Crippen LogP) is 4.40. The lowest BCUT2D eigenvalue weighted by molar-refractivity contribution is -0.115. The Kier molecular flexibility index (Phi) is 4.92. The Balaban J connectivity index is 1.71. The van der Waals surface area contributed by atoms with Gasteiger partial charge in [0.05, 0.1) is 28.5 Å². The lowest BCUT2D eigenvalue weighted by Gasteiger charge is -2.06. The molecule has 1 amide bonds. The summed E-state index contributed by atoms with van der Waals surface area (Å²) >= 11 is 7.63. The SMILES string of the molecule is Cc1ccc(NC(=O)Cc2csc(-n3nc(C)c(Cl)c3C)n2)cc1C. The summed E-state index contributed by atoms with van der Waals surface area (Å²) in [5, 5.41) is 10.5. The van der Waals surface area contributed by atoms with E-state index in [1.54, 1.807) is 4.68 Å². The highest BCUT2D eigenvalue weighted by Gasteiger charge is 2.15. The second-order valence-electron chi connectivity index (χ2n) is 6.04. The van der Waals surface area contributed by atoms with Gasteiger partial charge in [-0.1, -0.05) is 17.7 Å². The third kappa shape index (κ3) is 3.75. The number of hydrogen-bond acceptors (Lipinski definition) is 4. The zero-order chi connectivity index (χ0) is 18.1. The highest BCUT2D eigenvalue weighted by Crippen LogP contribution is 2.24. The Hall–Kier alpha value is -2.18. The number of carbonyl (C=O) groups is 1. The number of benzene rings is 1.